The van der Waals surface area contributed by atoms with Gasteiger partial charge in [-0.25, -0.2) is 0 Å². The van der Waals surface area contributed by atoms with Crippen LogP contribution in [0, 0.1) is 5.92 Å². The maximum Gasteiger partial charge on any atom is 0.261 e. The first kappa shape index (κ1) is 17.7. The van der Waals surface area contributed by atoms with Gasteiger partial charge in [-0.2, -0.15) is 0 Å². The first-order chi connectivity index (χ1) is 12.4. The third-order valence-corrected chi connectivity index (χ3v) is 4.66. The molecule has 2 amide bonds. The molecule has 2 aromatic rings. The van der Waals surface area contributed by atoms with Gasteiger partial charge in [-0.05, 0) is 43.5 Å². The summed E-state index contributed by atoms with van der Waals surface area (Å²) in [6.45, 7) is 3.03. The van der Waals surface area contributed by atoms with Gasteiger partial charge in [-0.1, -0.05) is 36.4 Å². The van der Waals surface area contributed by atoms with Gasteiger partial charge in [0.05, 0.1) is 23.6 Å². The van der Waals surface area contributed by atoms with Gasteiger partial charge in [0.1, 0.15) is 11.6 Å². The van der Waals surface area contributed by atoms with Crippen LogP contribution < -0.4 is 0 Å². The van der Waals surface area contributed by atoms with Crippen molar-refractivity contribution in [3.63, 3.8) is 0 Å². The summed E-state index contributed by atoms with van der Waals surface area (Å²) < 4.78 is 0. The number of carbonyl (C=O) groups is 4. The number of imide groups is 1. The molecule has 0 fully saturated rings. The van der Waals surface area contributed by atoms with E-state index in [1.807, 2.05) is 24.3 Å². The van der Waals surface area contributed by atoms with Gasteiger partial charge in [0.25, 0.3) is 11.8 Å². The van der Waals surface area contributed by atoms with E-state index in [9.17, 15) is 19.2 Å². The second-order valence-corrected chi connectivity index (χ2v) is 6.54. The molecule has 5 nitrogen and oxygen atoms in total. The van der Waals surface area contributed by atoms with Crippen molar-refractivity contribution in [2.24, 2.45) is 5.92 Å². The Balaban J connectivity index is 1.73. The fraction of sp³-hybridized carbons (Fsp3) is 0.238. The monoisotopic (exact) mass is 349 g/mol. The molecule has 0 spiro atoms. The molecular formula is C21H19NO4. The Bertz CT molecular complexity index is 849. The molecule has 0 N–H and O–H groups in total. The molecule has 0 unspecified atom stereocenters. The molecule has 1 heterocycles. The zero-order chi connectivity index (χ0) is 18.8. The van der Waals surface area contributed by atoms with E-state index >= 15 is 0 Å². The van der Waals surface area contributed by atoms with Gasteiger partial charge in [-0.15, -0.1) is 0 Å². The largest absolute Gasteiger partial charge is 0.299 e. The van der Waals surface area contributed by atoms with E-state index in [2.05, 4.69) is 0 Å². The molecule has 132 valence electrons. The van der Waals surface area contributed by atoms with E-state index in [1.165, 1.54) is 18.7 Å². The minimum Gasteiger partial charge on any atom is -0.299 e. The molecule has 1 aliphatic rings. The highest BCUT2D eigenvalue weighted by Gasteiger charge is 2.34. The van der Waals surface area contributed by atoms with Crippen molar-refractivity contribution in [2.75, 3.05) is 0 Å². The molecule has 26 heavy (non-hydrogen) atoms. The molecule has 1 aliphatic heterocycles. The summed E-state index contributed by atoms with van der Waals surface area (Å²) in [5, 5.41) is 0. The van der Waals surface area contributed by atoms with Crippen LogP contribution in [-0.2, 0) is 22.6 Å². The lowest BCUT2D eigenvalue weighted by Gasteiger charge is -2.15. The van der Waals surface area contributed by atoms with E-state index in [0.29, 0.717) is 17.5 Å². The van der Waals surface area contributed by atoms with E-state index in [0.717, 1.165) is 11.1 Å². The molecule has 0 bridgehead atoms. The van der Waals surface area contributed by atoms with Crippen LogP contribution in [0.15, 0.2) is 48.5 Å². The molecule has 0 aromatic heterocycles. The normalized spacial score (nSPS) is 13.3. The van der Waals surface area contributed by atoms with Crippen molar-refractivity contribution in [3.05, 3.63) is 70.8 Å². The van der Waals surface area contributed by atoms with Crippen molar-refractivity contribution in [2.45, 2.75) is 26.8 Å². The van der Waals surface area contributed by atoms with E-state index < -0.39 is 5.92 Å². The Labute approximate surface area is 151 Å². The Morgan fingerprint density at radius 1 is 0.808 bits per heavy atom. The van der Waals surface area contributed by atoms with Crippen molar-refractivity contribution in [1.82, 2.24) is 4.90 Å². The number of hydrogen-bond donors (Lipinski definition) is 0. The molecule has 0 aliphatic carbocycles. The number of fused-ring (bicyclic) bond motifs is 1. The minimum absolute atomic E-state index is 0.146. The molecule has 5 heteroatoms. The summed E-state index contributed by atoms with van der Waals surface area (Å²) in [7, 11) is 0. The summed E-state index contributed by atoms with van der Waals surface area (Å²) in [6.07, 6.45) is 0.359. The van der Waals surface area contributed by atoms with Crippen LogP contribution in [0.1, 0.15) is 45.7 Å². The molecule has 0 radical (unpaired) electrons. The minimum atomic E-state index is -0.628. The number of amides is 2. The molecular weight excluding hydrogens is 330 g/mol. The van der Waals surface area contributed by atoms with E-state index in [1.54, 1.807) is 24.3 Å². The van der Waals surface area contributed by atoms with Gasteiger partial charge in [0.15, 0.2) is 0 Å². The van der Waals surface area contributed by atoms with E-state index in [4.69, 9.17) is 0 Å². The summed E-state index contributed by atoms with van der Waals surface area (Å²) in [5.74, 6) is -1.50. The zero-order valence-electron chi connectivity index (χ0n) is 14.7. The predicted octanol–water partition coefficient (Wildman–Crippen LogP) is 2.82. The first-order valence-corrected chi connectivity index (χ1v) is 8.42. The number of ketones is 2. The highest BCUT2D eigenvalue weighted by Crippen LogP contribution is 2.24. The maximum absolute atomic E-state index is 12.4. The summed E-state index contributed by atoms with van der Waals surface area (Å²) in [4.78, 5) is 49.2. The molecule has 0 saturated heterocycles. The first-order valence-electron chi connectivity index (χ1n) is 8.42. The standard InChI is InChI=1S/C21H19NO4/c1-13(23)19(14(2)24)11-15-7-9-16(10-8-15)12-22-20(25)17-5-3-4-6-18(17)21(22)26/h3-10,19H,11-12H2,1-2H3. The number of hydrogen-bond acceptors (Lipinski definition) is 4. The van der Waals surface area contributed by atoms with Crippen LogP contribution in [-0.4, -0.2) is 28.3 Å². The van der Waals surface area contributed by atoms with Gasteiger partial charge < -0.3 is 0 Å². The van der Waals surface area contributed by atoms with Crippen molar-refractivity contribution >= 4 is 23.4 Å². The van der Waals surface area contributed by atoms with Gasteiger partial charge in [-0.3, -0.25) is 24.1 Å². The maximum atomic E-state index is 12.4. The second kappa shape index (κ2) is 7.04. The zero-order valence-corrected chi connectivity index (χ0v) is 14.7. The molecule has 3 rings (SSSR count). The van der Waals surface area contributed by atoms with Gasteiger partial charge in [0, 0.05) is 0 Å². The Hall–Kier alpha value is -3.08. The van der Waals surface area contributed by atoms with Crippen LogP contribution >= 0.6 is 0 Å². The van der Waals surface area contributed by atoms with Crippen LogP contribution in [0.4, 0.5) is 0 Å². The van der Waals surface area contributed by atoms with Crippen LogP contribution in [0.3, 0.4) is 0 Å². The summed E-state index contributed by atoms with van der Waals surface area (Å²) in [6, 6.07) is 14.1. The number of carbonyl (C=O) groups excluding carboxylic acids is 4. The van der Waals surface area contributed by atoms with Crippen LogP contribution in [0.25, 0.3) is 0 Å². The third kappa shape index (κ3) is 3.33. The quantitative estimate of drug-likeness (QED) is 0.594. The fourth-order valence-electron chi connectivity index (χ4n) is 3.16. The second-order valence-electron chi connectivity index (χ2n) is 6.54. The average molecular weight is 349 g/mol. The summed E-state index contributed by atoms with van der Waals surface area (Å²) >= 11 is 0. The SMILES string of the molecule is CC(=O)C(Cc1ccc(CN2C(=O)c3ccccc3C2=O)cc1)C(C)=O. The molecule has 0 atom stereocenters. The predicted molar refractivity (Wildman–Crippen MR) is 95.6 cm³/mol. The molecule has 2 aromatic carbocycles. The van der Waals surface area contributed by atoms with Crippen molar-refractivity contribution < 1.29 is 19.2 Å². The highest BCUT2D eigenvalue weighted by atomic mass is 16.2. The van der Waals surface area contributed by atoms with Gasteiger partial charge in [0.2, 0.25) is 0 Å². The smallest absolute Gasteiger partial charge is 0.261 e. The van der Waals surface area contributed by atoms with Crippen molar-refractivity contribution in [3.8, 4) is 0 Å². The number of rotatable bonds is 6. The van der Waals surface area contributed by atoms with Crippen LogP contribution in [0.2, 0.25) is 0 Å². The Morgan fingerprint density at radius 3 is 1.73 bits per heavy atom. The lowest BCUT2D eigenvalue weighted by atomic mass is 9.92. The topological polar surface area (TPSA) is 71.5 Å². The number of nitrogens with zero attached hydrogens (tertiary/aromatic N) is 1. The number of Topliss-reactive ketones (excluding diaryl/α,β-unsaturated/α-hetero) is 2. The van der Waals surface area contributed by atoms with Gasteiger partial charge >= 0.3 is 0 Å². The Kier molecular flexibility index (Phi) is 4.80. The highest BCUT2D eigenvalue weighted by molar-refractivity contribution is 6.21. The summed E-state index contributed by atoms with van der Waals surface area (Å²) in [5.41, 5.74) is 2.54. The Morgan fingerprint density at radius 2 is 1.27 bits per heavy atom. The number of benzene rings is 2. The fourth-order valence-corrected chi connectivity index (χ4v) is 3.16. The van der Waals surface area contributed by atoms with Crippen LogP contribution in [0.5, 0.6) is 0 Å². The van der Waals surface area contributed by atoms with Crippen molar-refractivity contribution in [1.29, 1.82) is 0 Å². The molecule has 0 saturated carbocycles. The average Bonchev–Trinajstić information content (AvgIpc) is 2.86. The third-order valence-electron chi connectivity index (χ3n) is 4.66. The lowest BCUT2D eigenvalue weighted by molar-refractivity contribution is -0.130. The lowest BCUT2D eigenvalue weighted by Crippen LogP contribution is -2.29. The van der Waals surface area contributed by atoms with E-state index in [-0.39, 0.29) is 29.9 Å².